The van der Waals surface area contributed by atoms with E-state index in [0.717, 1.165) is 41.2 Å². The number of anilines is 2. The van der Waals surface area contributed by atoms with Crippen molar-refractivity contribution in [3.8, 4) is 0 Å². The number of aliphatic carboxylic acids is 1. The molecule has 1 aliphatic carbocycles. The van der Waals surface area contributed by atoms with Crippen LogP contribution in [0.5, 0.6) is 0 Å². The number of hydrogen-bond donors (Lipinski definition) is 2. The quantitative estimate of drug-likeness (QED) is 0.197. The van der Waals surface area contributed by atoms with Crippen LogP contribution in [0, 0.1) is 11.8 Å². The summed E-state index contributed by atoms with van der Waals surface area (Å²) in [7, 11) is -4.40. The maximum Gasteiger partial charge on any atom is 0.303 e. The molecule has 2 heterocycles. The van der Waals surface area contributed by atoms with E-state index in [0.29, 0.717) is 25.1 Å². The number of ketones is 2. The summed E-state index contributed by atoms with van der Waals surface area (Å²) in [4.78, 5) is 42.2. The number of allylic oxidation sites excluding steroid dienone is 4. The lowest BCUT2D eigenvalue weighted by Crippen LogP contribution is -2.48. The number of unbranched alkanes of at least 4 members (excludes halogenated alkanes) is 2. The first-order valence-electron chi connectivity index (χ1n) is 15.1. The molecular weight excluding hydrogens is 580 g/mol. The van der Waals surface area contributed by atoms with Crippen LogP contribution in [0.1, 0.15) is 71.4 Å². The van der Waals surface area contributed by atoms with Crippen molar-refractivity contribution < 1.29 is 32.5 Å². The standard InChI is InChI=1S/C34H40N2O7S/c1-6-35-27-16-15-21(44(41,42)43)18-25(27)34(4,5)28(35)19-22-31(39)23(32(22)40)20-29-33(2,3)24-12-9-10-13-26(24)36(29)17-11-7-8-14-30(37)38/h9-10,12-13,15-16,18-20,22-23H,6-8,11,14,17H2,1-5H3,(H,37,38)(H,41,42,43)/b28-19-,29-20+. The molecule has 2 aromatic carbocycles. The molecule has 0 aromatic heterocycles. The van der Waals surface area contributed by atoms with Crippen molar-refractivity contribution in [2.75, 3.05) is 22.9 Å². The van der Waals surface area contributed by atoms with Crippen molar-refractivity contribution in [2.24, 2.45) is 11.8 Å². The second-order valence-electron chi connectivity index (χ2n) is 12.9. The molecule has 1 saturated carbocycles. The van der Waals surface area contributed by atoms with Crippen molar-refractivity contribution in [3.05, 3.63) is 77.1 Å². The van der Waals surface area contributed by atoms with Crippen molar-refractivity contribution >= 4 is 39.0 Å². The van der Waals surface area contributed by atoms with Crippen molar-refractivity contribution in [2.45, 2.75) is 76.0 Å². The summed E-state index contributed by atoms with van der Waals surface area (Å²) < 4.78 is 33.3. The summed E-state index contributed by atoms with van der Waals surface area (Å²) >= 11 is 0. The molecule has 3 aliphatic rings. The van der Waals surface area contributed by atoms with E-state index in [4.69, 9.17) is 5.11 Å². The number of likely N-dealkylation sites (N-methyl/N-ethyl adjacent to an activating group) is 1. The van der Waals surface area contributed by atoms with Gasteiger partial charge in [-0.25, -0.2) is 0 Å². The minimum atomic E-state index is -4.40. The van der Waals surface area contributed by atoms with Gasteiger partial charge in [0.25, 0.3) is 10.1 Å². The van der Waals surface area contributed by atoms with E-state index in [2.05, 4.69) is 24.8 Å². The van der Waals surface area contributed by atoms with Gasteiger partial charge in [0, 0.05) is 53.1 Å². The van der Waals surface area contributed by atoms with Gasteiger partial charge in [-0.3, -0.25) is 18.9 Å². The minimum Gasteiger partial charge on any atom is -0.481 e. The van der Waals surface area contributed by atoms with Crippen molar-refractivity contribution in [1.29, 1.82) is 0 Å². The van der Waals surface area contributed by atoms with Crippen LogP contribution in [0.3, 0.4) is 0 Å². The van der Waals surface area contributed by atoms with Gasteiger partial charge in [0.15, 0.2) is 11.6 Å². The largest absolute Gasteiger partial charge is 0.481 e. The maximum absolute atomic E-state index is 13.7. The number of carboxylic acids is 1. The van der Waals surface area contributed by atoms with Crippen LogP contribution < -0.4 is 9.80 Å². The molecule has 5 rings (SSSR count). The molecule has 2 aromatic rings. The van der Waals surface area contributed by atoms with Crippen LogP contribution >= 0.6 is 0 Å². The van der Waals surface area contributed by atoms with E-state index in [1.165, 1.54) is 12.1 Å². The number of rotatable bonds is 10. The van der Waals surface area contributed by atoms with Gasteiger partial charge < -0.3 is 14.9 Å². The average Bonchev–Trinajstić information content (AvgIpc) is 3.31. The number of carbonyl (C=O) groups excluding carboxylic acids is 2. The molecule has 0 bridgehead atoms. The van der Waals surface area contributed by atoms with E-state index in [-0.39, 0.29) is 22.9 Å². The lowest BCUT2D eigenvalue weighted by molar-refractivity contribution is -0.146. The summed E-state index contributed by atoms with van der Waals surface area (Å²) in [6, 6.07) is 12.5. The van der Waals surface area contributed by atoms with E-state index < -0.39 is 38.8 Å². The van der Waals surface area contributed by atoms with Gasteiger partial charge >= 0.3 is 5.97 Å². The van der Waals surface area contributed by atoms with Crippen molar-refractivity contribution in [1.82, 2.24) is 0 Å². The van der Waals surface area contributed by atoms with Gasteiger partial charge in [-0.1, -0.05) is 52.3 Å². The van der Waals surface area contributed by atoms with Crippen LogP contribution in [0.15, 0.2) is 70.9 Å². The number of Topliss-reactive ketones (excluding diaryl/α,β-unsaturated/α-hetero) is 2. The molecule has 1 fully saturated rings. The first-order chi connectivity index (χ1) is 20.6. The predicted molar refractivity (Wildman–Crippen MR) is 168 cm³/mol. The molecule has 2 aliphatic heterocycles. The average molecular weight is 621 g/mol. The van der Waals surface area contributed by atoms with Gasteiger partial charge in [-0.05, 0) is 67.3 Å². The fraction of sp³-hybridized carbons (Fsp3) is 0.441. The maximum atomic E-state index is 13.7. The van der Waals surface area contributed by atoms with Gasteiger partial charge in [0.05, 0.1) is 16.7 Å². The second-order valence-corrected chi connectivity index (χ2v) is 14.3. The molecule has 0 unspecified atom stereocenters. The van der Waals surface area contributed by atoms with Crippen LogP contribution in [0.4, 0.5) is 11.4 Å². The Morgan fingerprint density at radius 2 is 1.41 bits per heavy atom. The molecule has 0 amide bonds. The zero-order valence-electron chi connectivity index (χ0n) is 25.8. The first kappa shape index (κ1) is 31.7. The van der Waals surface area contributed by atoms with E-state index >= 15 is 0 Å². The fourth-order valence-electron chi connectivity index (χ4n) is 6.98. The smallest absolute Gasteiger partial charge is 0.303 e. The molecule has 2 N–H and O–H groups in total. The number of hydrogen-bond acceptors (Lipinski definition) is 7. The van der Waals surface area contributed by atoms with Crippen LogP contribution in [-0.2, 0) is 35.3 Å². The number of nitrogens with zero attached hydrogens (tertiary/aromatic N) is 2. The Labute approximate surface area is 259 Å². The Bertz CT molecular complexity index is 1690. The zero-order valence-corrected chi connectivity index (χ0v) is 26.6. The molecule has 44 heavy (non-hydrogen) atoms. The summed E-state index contributed by atoms with van der Waals surface area (Å²) in [5.41, 5.74) is 4.13. The van der Waals surface area contributed by atoms with Gasteiger partial charge in [-0.2, -0.15) is 8.42 Å². The Morgan fingerprint density at radius 3 is 2.00 bits per heavy atom. The van der Waals surface area contributed by atoms with Crippen LogP contribution in [0.25, 0.3) is 0 Å². The van der Waals surface area contributed by atoms with Gasteiger partial charge in [0.1, 0.15) is 0 Å². The lowest BCUT2D eigenvalue weighted by Gasteiger charge is -2.34. The van der Waals surface area contributed by atoms with Crippen LogP contribution in [-0.4, -0.2) is 48.7 Å². The normalized spacial score (nSPS) is 23.7. The Morgan fingerprint density at radius 1 is 0.841 bits per heavy atom. The second kappa shape index (κ2) is 11.3. The summed E-state index contributed by atoms with van der Waals surface area (Å²) in [5, 5.41) is 8.98. The number of benzene rings is 2. The fourth-order valence-corrected chi connectivity index (χ4v) is 7.48. The van der Waals surface area contributed by atoms with Crippen LogP contribution in [0.2, 0.25) is 0 Å². The van der Waals surface area contributed by atoms with Gasteiger partial charge in [0.2, 0.25) is 0 Å². The first-order valence-corrected chi connectivity index (χ1v) is 16.5. The number of para-hydroxylation sites is 1. The van der Waals surface area contributed by atoms with Gasteiger partial charge in [-0.15, -0.1) is 0 Å². The molecule has 0 atom stereocenters. The number of fused-ring (bicyclic) bond motifs is 2. The highest BCUT2D eigenvalue weighted by atomic mass is 32.2. The highest BCUT2D eigenvalue weighted by Gasteiger charge is 2.51. The zero-order chi connectivity index (χ0) is 32.2. The minimum absolute atomic E-state index is 0.131. The highest BCUT2D eigenvalue weighted by Crippen LogP contribution is 2.51. The predicted octanol–water partition coefficient (Wildman–Crippen LogP) is 5.65. The molecule has 0 spiro atoms. The number of carboxylic acid groups (broad SMARTS) is 1. The summed E-state index contributed by atoms with van der Waals surface area (Å²) in [6.45, 7) is 11.2. The molecule has 0 radical (unpaired) electrons. The molecular formula is C34H40N2O7S. The Hall–Kier alpha value is -3.76. The topological polar surface area (TPSA) is 132 Å². The molecule has 0 saturated heterocycles. The number of carbonyl (C=O) groups is 3. The molecule has 9 nitrogen and oxygen atoms in total. The third-order valence-electron chi connectivity index (χ3n) is 9.42. The third kappa shape index (κ3) is 5.28. The summed E-state index contributed by atoms with van der Waals surface area (Å²) in [6.07, 6.45) is 5.80. The van der Waals surface area contributed by atoms with E-state index in [1.54, 1.807) is 12.1 Å². The lowest BCUT2D eigenvalue weighted by atomic mass is 9.69. The SMILES string of the molecule is CCN1/C(=C\C2C(=O)C(/C=C3/N(CCCCCC(=O)O)c4ccccc4C3(C)C)C2=O)C(C)(C)c2cc(S(=O)(=O)O)ccc21. The monoisotopic (exact) mass is 620 g/mol. The highest BCUT2D eigenvalue weighted by molar-refractivity contribution is 7.85. The summed E-state index contributed by atoms with van der Waals surface area (Å²) in [5.74, 6) is -2.94. The van der Waals surface area contributed by atoms with E-state index in [9.17, 15) is 27.4 Å². The van der Waals surface area contributed by atoms with E-state index in [1.807, 2.05) is 49.9 Å². The molecule has 234 valence electrons. The Kier molecular flexibility index (Phi) is 8.13. The Balaban J connectivity index is 1.42. The third-order valence-corrected chi connectivity index (χ3v) is 10.3. The van der Waals surface area contributed by atoms with Crippen molar-refractivity contribution in [3.63, 3.8) is 0 Å². The molecule has 10 heteroatoms.